The lowest BCUT2D eigenvalue weighted by molar-refractivity contribution is -0.368. The third-order valence-electron chi connectivity index (χ3n) is 19.3. The van der Waals surface area contributed by atoms with Crippen LogP contribution in [0.15, 0.2) is 65.6 Å². The first-order valence-corrected chi connectivity index (χ1v) is 32.5. The third-order valence-corrected chi connectivity index (χ3v) is 22.9. The van der Waals surface area contributed by atoms with Gasteiger partial charge in [0.2, 0.25) is 12.5 Å². The fourth-order valence-corrected chi connectivity index (χ4v) is 18.4. The van der Waals surface area contributed by atoms with Crippen molar-refractivity contribution in [3.63, 3.8) is 0 Å². The molecule has 7 fully saturated rings. The summed E-state index contributed by atoms with van der Waals surface area (Å²) in [7, 11) is 0.0206. The van der Waals surface area contributed by atoms with Gasteiger partial charge in [-0.15, -0.1) is 34.5 Å². The molecule has 10 aliphatic rings. The van der Waals surface area contributed by atoms with Crippen molar-refractivity contribution in [2.24, 2.45) is 40.4 Å². The Morgan fingerprint density at radius 1 is 0.942 bits per heavy atom. The zero-order valence-electron chi connectivity index (χ0n) is 48.0. The molecular formula is C60H73Cl2N2O20PS. The lowest BCUT2D eigenvalue weighted by atomic mass is 9.46. The number of fused-ring (bicyclic) bond motifs is 9. The number of phenolic OH excluding ortho intramolecular Hbond substituents is 1. The summed E-state index contributed by atoms with van der Waals surface area (Å²) in [5.74, 6) is -0.830. The zero-order chi connectivity index (χ0) is 61.0. The van der Waals surface area contributed by atoms with Crippen molar-refractivity contribution in [1.82, 2.24) is 9.76 Å². The molecule has 26 heteroatoms. The summed E-state index contributed by atoms with van der Waals surface area (Å²) in [6.45, 7) is 5.67. The molecule has 0 radical (unpaired) electrons. The standard InChI is InChI=1S/C32H32O13S.C21H26O5.C7H15Cl2N2O2P/c1-37-19-6-13(7-20(38-2)25(19)33)23-14-8-17-18(42-12-41-17)9-15(14)28(16-10-39-30(36)24(16)23)44-32-27(35)26(34)29-21(43-32)11-40-31(45-29)22-4-3-5-46-22;1-19-7-5-13(23)9-12(19)3-4-14-15-6-8-21(26,17(25)11-22)20(15,2)10-16(24)18(14)19;8-2-5-11(6-3-9)14(12)10-4-1-7-13-14/h3-9,16,21,23-24,26-29,31-35H,10-12H2,1-2H3;5,7,9,14-15,18,22,26H,3-4,6,8,10-11H2,1-2H3;1-7H2,(H,10,12)/t16?,21-,23-,24+,26-,27-,28?,29-,31?,32+;14-,15-,18+,19-,20-,21-;/m10./s1. The van der Waals surface area contributed by atoms with Crippen LogP contribution in [-0.4, -0.2) is 169 Å². The molecule has 6 N–H and O–H groups in total. The largest absolute Gasteiger partial charge is 0.502 e. The van der Waals surface area contributed by atoms with Crippen LogP contribution in [0.5, 0.6) is 28.7 Å². The Morgan fingerprint density at radius 3 is 2.31 bits per heavy atom. The highest BCUT2D eigenvalue weighted by atomic mass is 35.5. The molecule has 13 rings (SSSR count). The topological polar surface area (TPSA) is 294 Å². The predicted molar refractivity (Wildman–Crippen MR) is 309 cm³/mol. The number of nitrogens with one attached hydrogen (secondary N) is 1. The summed E-state index contributed by atoms with van der Waals surface area (Å²) >= 11 is 12.7. The van der Waals surface area contributed by atoms with Gasteiger partial charge in [0.05, 0.1) is 50.9 Å². The van der Waals surface area contributed by atoms with E-state index in [4.69, 9.17) is 70.4 Å². The number of carbonyl (C=O) groups is 4. The highest BCUT2D eigenvalue weighted by Gasteiger charge is 2.68. The van der Waals surface area contributed by atoms with Gasteiger partial charge in [-0.25, -0.2) is 9.76 Å². The minimum atomic E-state index is -2.84. The summed E-state index contributed by atoms with van der Waals surface area (Å²) in [6.07, 6.45) is 1.55. The molecule has 3 saturated carbocycles. The van der Waals surface area contributed by atoms with Crippen molar-refractivity contribution in [1.29, 1.82) is 0 Å². The van der Waals surface area contributed by atoms with E-state index >= 15 is 0 Å². The van der Waals surface area contributed by atoms with Crippen LogP contribution in [0.2, 0.25) is 0 Å². The van der Waals surface area contributed by atoms with Crippen LogP contribution in [-0.2, 0) is 52.0 Å². The molecule has 5 aliphatic carbocycles. The molecular weight excluding hydrogens is 1200 g/mol. The number of aromatic hydroxyl groups is 1. The minimum Gasteiger partial charge on any atom is -0.502 e. The Balaban J connectivity index is 0.000000160. The minimum absolute atomic E-state index is 0.0206. The van der Waals surface area contributed by atoms with E-state index in [1.54, 1.807) is 35.0 Å². The van der Waals surface area contributed by atoms with Gasteiger partial charge in [-0.3, -0.25) is 23.7 Å². The molecule has 0 spiro atoms. The number of benzene rings is 2. The van der Waals surface area contributed by atoms with E-state index in [1.807, 2.05) is 43.5 Å². The number of aliphatic hydroxyl groups excluding tert-OH is 3. The Hall–Kier alpha value is -4.53. The van der Waals surface area contributed by atoms with Gasteiger partial charge in [-0.2, -0.15) is 0 Å². The zero-order valence-corrected chi connectivity index (χ0v) is 51.2. The first-order chi connectivity index (χ1) is 41.3. The van der Waals surface area contributed by atoms with E-state index in [0.717, 1.165) is 36.3 Å². The van der Waals surface area contributed by atoms with E-state index < -0.39 is 103 Å². The third kappa shape index (κ3) is 11.2. The number of nitrogens with zero attached hydrogens (tertiary/aromatic N) is 1. The Morgan fingerprint density at radius 2 is 1.66 bits per heavy atom. The highest BCUT2D eigenvalue weighted by Crippen LogP contribution is 2.66. The molecule has 0 amide bonds. The number of methoxy groups -OCH3 is 2. The smallest absolute Gasteiger partial charge is 0.343 e. The fraction of sp³-hybridized carbons (Fsp3) is 0.600. The van der Waals surface area contributed by atoms with Crippen molar-refractivity contribution in [3.05, 3.63) is 87.1 Å². The van der Waals surface area contributed by atoms with Crippen molar-refractivity contribution >= 4 is 65.5 Å². The van der Waals surface area contributed by atoms with Crippen LogP contribution in [0, 0.1) is 40.4 Å². The number of Topliss-reactive ketones (excluding diaryl/α,β-unsaturated/α-hetero) is 2. The van der Waals surface area contributed by atoms with Gasteiger partial charge in [0.25, 0.3) is 0 Å². The van der Waals surface area contributed by atoms with Crippen LogP contribution >= 0.6 is 42.2 Å². The molecule has 4 unspecified atom stereocenters. The second-order valence-electron chi connectivity index (χ2n) is 23.7. The lowest BCUT2D eigenvalue weighted by Gasteiger charge is -2.56. The maximum absolute atomic E-state index is 13.5. The normalized spacial score (nSPS) is 37.2. The molecule has 4 saturated heterocycles. The number of aliphatic hydroxyl groups is 4. The Kier molecular flexibility index (Phi) is 18.6. The van der Waals surface area contributed by atoms with Gasteiger partial charge >= 0.3 is 13.6 Å². The van der Waals surface area contributed by atoms with Crippen LogP contribution in [0.3, 0.4) is 0 Å². The van der Waals surface area contributed by atoms with Crippen molar-refractivity contribution in [2.75, 3.05) is 78.8 Å². The van der Waals surface area contributed by atoms with Gasteiger partial charge in [-0.05, 0) is 108 Å². The van der Waals surface area contributed by atoms with Gasteiger partial charge in [-0.1, -0.05) is 31.6 Å². The predicted octanol–water partition coefficient (Wildman–Crippen LogP) is 6.40. The number of esters is 1. The van der Waals surface area contributed by atoms with Gasteiger partial charge in [0, 0.05) is 66.4 Å². The van der Waals surface area contributed by atoms with E-state index in [2.05, 4.69) is 5.09 Å². The summed E-state index contributed by atoms with van der Waals surface area (Å²) in [4.78, 5) is 51.7. The van der Waals surface area contributed by atoms with Gasteiger partial charge in [0.1, 0.15) is 42.4 Å². The molecule has 0 bridgehead atoms. The van der Waals surface area contributed by atoms with Crippen molar-refractivity contribution in [2.45, 2.75) is 107 Å². The van der Waals surface area contributed by atoms with Gasteiger partial charge < -0.3 is 72.7 Å². The molecule has 86 heavy (non-hydrogen) atoms. The highest BCUT2D eigenvalue weighted by molar-refractivity contribution is 7.54. The summed E-state index contributed by atoms with van der Waals surface area (Å²) in [5.41, 5.74) is 0.138. The number of allylic oxidation sites excluding steroid dienone is 4. The second-order valence-corrected chi connectivity index (χ2v) is 27.6. The number of ketones is 3. The molecule has 2 aromatic carbocycles. The van der Waals surface area contributed by atoms with E-state index in [0.29, 0.717) is 72.5 Å². The first-order valence-electron chi connectivity index (χ1n) is 29.0. The summed E-state index contributed by atoms with van der Waals surface area (Å²) < 4.78 is 71.7. The van der Waals surface area contributed by atoms with Crippen LogP contribution < -0.4 is 24.0 Å². The quantitative estimate of drug-likeness (QED) is 0.0613. The number of phenols is 1. The Labute approximate surface area is 511 Å². The molecule has 1 aromatic heterocycles. The maximum atomic E-state index is 13.5. The Bertz CT molecular complexity index is 3130. The monoisotopic (exact) mass is 1270 g/mol. The number of ether oxygens (including phenoxy) is 9. The molecule has 17 atom stereocenters. The number of thiophene rings is 1. The second kappa shape index (κ2) is 25.4. The van der Waals surface area contributed by atoms with Crippen LogP contribution in [0.4, 0.5) is 0 Å². The van der Waals surface area contributed by atoms with Crippen LogP contribution in [0.1, 0.15) is 92.3 Å². The number of hydrogen-bond acceptors (Lipinski definition) is 21. The van der Waals surface area contributed by atoms with Crippen molar-refractivity contribution in [3.8, 4) is 28.7 Å². The van der Waals surface area contributed by atoms with Crippen LogP contribution in [0.25, 0.3) is 0 Å². The number of rotatable bonds is 13. The number of carbonyl (C=O) groups excluding carboxylic acids is 4. The van der Waals surface area contributed by atoms with Gasteiger partial charge in [0.15, 0.2) is 47.1 Å². The number of alkyl halides is 2. The van der Waals surface area contributed by atoms with E-state index in [1.165, 1.54) is 25.6 Å². The number of halogens is 2. The average molecular weight is 1280 g/mol. The molecule has 3 aromatic rings. The molecule has 22 nitrogen and oxygen atoms in total. The summed E-state index contributed by atoms with van der Waals surface area (Å²) in [5, 5.41) is 58.4. The lowest BCUT2D eigenvalue weighted by Crippen LogP contribution is -2.62. The van der Waals surface area contributed by atoms with Crippen molar-refractivity contribution < 1.29 is 96.4 Å². The molecule has 5 aliphatic heterocycles. The first kappa shape index (κ1) is 63.1. The van der Waals surface area contributed by atoms with E-state index in [-0.39, 0.29) is 73.0 Å². The average Bonchev–Trinajstić information content (AvgIpc) is 1.41. The van der Waals surface area contributed by atoms with E-state index in [9.17, 15) is 49.3 Å². The molecule has 468 valence electrons. The molecule has 6 heterocycles. The summed E-state index contributed by atoms with van der Waals surface area (Å²) in [6, 6.07) is 10.7. The SMILES string of the molecule is COc1cc([C@@H]2c3cc4c(cc3C(O[C@@H]3O[C@@H]5COC(c6cccs6)O[C@H]5[C@H](O)[C@H]3O)C3COC(=O)[C@@H]32)OCO4)cc(OC)c1O.C[C@]12C=CC(=O)C=C1CC[C@@H]1[C@@H]2C(=O)C[C@@]2(C)[C@H]1CC[C@]2(O)C(=O)CO.O=P1(N(CCCl)CCCl)NCCCO1. The fourth-order valence-electron chi connectivity index (χ4n) is 15.1. The number of cyclic esters (lactones) is 1. The maximum Gasteiger partial charge on any atom is 0.343 e. The number of hydrogen-bond donors (Lipinski definition) is 6.